The Morgan fingerprint density at radius 2 is 1.50 bits per heavy atom. The number of rotatable bonds is 9. The standard InChI is InChI=1S/C23H41NO4/c1-2-26-23(25)18-19-12-14-24(15-13-19)16-17-27-20-8-10-22(11-9-20)28-21-6-4-3-5-7-21/h19-22H,2-18H2,1H3. The minimum atomic E-state index is -0.0349. The van der Waals surface area contributed by atoms with E-state index in [2.05, 4.69) is 4.90 Å². The smallest absolute Gasteiger partial charge is 0.306 e. The van der Waals surface area contributed by atoms with Crippen LogP contribution in [-0.2, 0) is 19.0 Å². The summed E-state index contributed by atoms with van der Waals surface area (Å²) >= 11 is 0. The summed E-state index contributed by atoms with van der Waals surface area (Å²) in [5.41, 5.74) is 0. The fraction of sp³-hybridized carbons (Fsp3) is 0.957. The first-order valence-corrected chi connectivity index (χ1v) is 11.9. The minimum Gasteiger partial charge on any atom is -0.466 e. The van der Waals surface area contributed by atoms with Crippen molar-refractivity contribution in [3.63, 3.8) is 0 Å². The van der Waals surface area contributed by atoms with Gasteiger partial charge in [-0.3, -0.25) is 4.79 Å². The molecule has 3 fully saturated rings. The van der Waals surface area contributed by atoms with E-state index >= 15 is 0 Å². The summed E-state index contributed by atoms with van der Waals surface area (Å²) in [6.45, 7) is 6.37. The molecule has 162 valence electrons. The number of hydrogen-bond acceptors (Lipinski definition) is 5. The molecule has 2 aliphatic carbocycles. The first kappa shape index (κ1) is 22.0. The molecule has 1 heterocycles. The van der Waals surface area contributed by atoms with Crippen molar-refractivity contribution in [2.75, 3.05) is 32.8 Å². The lowest BCUT2D eigenvalue weighted by Crippen LogP contribution is -2.37. The van der Waals surface area contributed by atoms with Gasteiger partial charge in [0.25, 0.3) is 0 Å². The number of carbonyl (C=O) groups is 1. The summed E-state index contributed by atoms with van der Waals surface area (Å²) in [4.78, 5) is 14.1. The normalized spacial score (nSPS) is 28.3. The van der Waals surface area contributed by atoms with Crippen molar-refractivity contribution in [1.29, 1.82) is 0 Å². The van der Waals surface area contributed by atoms with Crippen LogP contribution in [-0.4, -0.2) is 62.0 Å². The molecule has 1 saturated heterocycles. The Balaban J connectivity index is 1.21. The van der Waals surface area contributed by atoms with Crippen molar-refractivity contribution in [3.05, 3.63) is 0 Å². The highest BCUT2D eigenvalue weighted by molar-refractivity contribution is 5.69. The van der Waals surface area contributed by atoms with Crippen LogP contribution in [0.3, 0.4) is 0 Å². The third-order valence-corrected chi connectivity index (χ3v) is 6.79. The van der Waals surface area contributed by atoms with Crippen LogP contribution in [0.15, 0.2) is 0 Å². The highest BCUT2D eigenvalue weighted by Gasteiger charge is 2.26. The second-order valence-electron chi connectivity index (χ2n) is 8.96. The van der Waals surface area contributed by atoms with E-state index < -0.39 is 0 Å². The van der Waals surface area contributed by atoms with E-state index in [0.717, 1.165) is 51.9 Å². The summed E-state index contributed by atoms with van der Waals surface area (Å²) in [7, 11) is 0. The molecule has 0 aromatic rings. The fourth-order valence-corrected chi connectivity index (χ4v) is 5.03. The maximum Gasteiger partial charge on any atom is 0.306 e. The summed E-state index contributed by atoms with van der Waals surface area (Å²) in [5, 5.41) is 0. The van der Waals surface area contributed by atoms with Gasteiger partial charge in [0.2, 0.25) is 0 Å². The molecular weight excluding hydrogens is 354 g/mol. The van der Waals surface area contributed by atoms with Crippen LogP contribution < -0.4 is 0 Å². The van der Waals surface area contributed by atoms with Gasteiger partial charge in [0.1, 0.15) is 0 Å². The van der Waals surface area contributed by atoms with Gasteiger partial charge in [-0.15, -0.1) is 0 Å². The molecule has 0 atom stereocenters. The minimum absolute atomic E-state index is 0.0349. The molecule has 0 bridgehead atoms. The third-order valence-electron chi connectivity index (χ3n) is 6.79. The van der Waals surface area contributed by atoms with Gasteiger partial charge >= 0.3 is 5.97 Å². The van der Waals surface area contributed by atoms with Crippen molar-refractivity contribution in [1.82, 2.24) is 4.90 Å². The van der Waals surface area contributed by atoms with E-state index in [1.807, 2.05) is 6.92 Å². The predicted molar refractivity (Wildman–Crippen MR) is 110 cm³/mol. The van der Waals surface area contributed by atoms with E-state index in [0.29, 0.717) is 37.3 Å². The van der Waals surface area contributed by atoms with Gasteiger partial charge in [0, 0.05) is 13.0 Å². The molecular formula is C23H41NO4. The molecule has 0 aromatic heterocycles. The monoisotopic (exact) mass is 395 g/mol. The number of piperidine rings is 1. The first-order chi connectivity index (χ1) is 13.7. The predicted octanol–water partition coefficient (Wildman–Crippen LogP) is 4.33. The van der Waals surface area contributed by atoms with Gasteiger partial charge in [0.15, 0.2) is 0 Å². The summed E-state index contributed by atoms with van der Waals surface area (Å²) in [6, 6.07) is 0. The Morgan fingerprint density at radius 3 is 2.18 bits per heavy atom. The molecule has 0 amide bonds. The molecule has 0 N–H and O–H groups in total. The number of ether oxygens (including phenoxy) is 3. The molecule has 5 nitrogen and oxygen atoms in total. The number of esters is 1. The molecule has 1 aliphatic heterocycles. The van der Waals surface area contributed by atoms with Crippen molar-refractivity contribution in [3.8, 4) is 0 Å². The largest absolute Gasteiger partial charge is 0.466 e. The summed E-state index contributed by atoms with van der Waals surface area (Å²) < 4.78 is 17.6. The van der Waals surface area contributed by atoms with Gasteiger partial charge in [-0.05, 0) is 77.3 Å². The molecule has 0 spiro atoms. The number of hydrogen-bond donors (Lipinski definition) is 0. The van der Waals surface area contributed by atoms with E-state index in [4.69, 9.17) is 14.2 Å². The molecule has 0 unspecified atom stereocenters. The zero-order valence-electron chi connectivity index (χ0n) is 17.9. The van der Waals surface area contributed by atoms with Crippen LogP contribution in [0, 0.1) is 5.92 Å². The molecule has 28 heavy (non-hydrogen) atoms. The Hall–Kier alpha value is -0.650. The second kappa shape index (κ2) is 12.1. The van der Waals surface area contributed by atoms with E-state index in [1.165, 1.54) is 44.9 Å². The van der Waals surface area contributed by atoms with Crippen LogP contribution in [0.25, 0.3) is 0 Å². The molecule has 0 aromatic carbocycles. The lowest BCUT2D eigenvalue weighted by molar-refractivity contribution is -0.144. The Kier molecular flexibility index (Phi) is 9.56. The first-order valence-electron chi connectivity index (χ1n) is 11.9. The van der Waals surface area contributed by atoms with Gasteiger partial charge in [-0.25, -0.2) is 0 Å². The fourth-order valence-electron chi connectivity index (χ4n) is 5.03. The Bertz CT molecular complexity index is 436. The zero-order chi connectivity index (χ0) is 19.6. The van der Waals surface area contributed by atoms with Gasteiger partial charge in [0.05, 0.1) is 31.5 Å². The van der Waals surface area contributed by atoms with Crippen LogP contribution >= 0.6 is 0 Å². The second-order valence-corrected chi connectivity index (χ2v) is 8.96. The quantitative estimate of drug-likeness (QED) is 0.544. The number of likely N-dealkylation sites (tertiary alicyclic amines) is 1. The van der Waals surface area contributed by atoms with Gasteiger partial charge in [-0.2, -0.15) is 0 Å². The lowest BCUT2D eigenvalue weighted by Gasteiger charge is -2.34. The Labute approximate surface area is 171 Å². The van der Waals surface area contributed by atoms with E-state index in [-0.39, 0.29) is 5.97 Å². The average Bonchev–Trinajstić information content (AvgIpc) is 2.72. The molecule has 3 aliphatic rings. The molecule has 3 rings (SSSR count). The lowest BCUT2D eigenvalue weighted by atomic mass is 9.93. The zero-order valence-corrected chi connectivity index (χ0v) is 17.9. The van der Waals surface area contributed by atoms with Crippen LogP contribution in [0.1, 0.15) is 84.0 Å². The highest BCUT2D eigenvalue weighted by atomic mass is 16.5. The average molecular weight is 396 g/mol. The van der Waals surface area contributed by atoms with E-state index in [9.17, 15) is 4.79 Å². The van der Waals surface area contributed by atoms with Crippen molar-refractivity contribution in [2.24, 2.45) is 5.92 Å². The topological polar surface area (TPSA) is 48.0 Å². The van der Waals surface area contributed by atoms with Crippen molar-refractivity contribution >= 4 is 5.97 Å². The Morgan fingerprint density at radius 1 is 0.857 bits per heavy atom. The molecule has 0 radical (unpaired) electrons. The third kappa shape index (κ3) is 7.64. The van der Waals surface area contributed by atoms with Crippen LogP contribution in [0.2, 0.25) is 0 Å². The van der Waals surface area contributed by atoms with Crippen molar-refractivity contribution < 1.29 is 19.0 Å². The summed E-state index contributed by atoms with van der Waals surface area (Å²) in [5.74, 6) is 0.461. The van der Waals surface area contributed by atoms with E-state index in [1.54, 1.807) is 0 Å². The highest BCUT2D eigenvalue weighted by Crippen LogP contribution is 2.28. The maximum atomic E-state index is 11.6. The summed E-state index contributed by atoms with van der Waals surface area (Å²) in [6.07, 6.45) is 15.5. The van der Waals surface area contributed by atoms with Gasteiger partial charge < -0.3 is 19.1 Å². The molecule has 5 heteroatoms. The van der Waals surface area contributed by atoms with Gasteiger partial charge in [-0.1, -0.05) is 19.3 Å². The van der Waals surface area contributed by atoms with Crippen LogP contribution in [0.5, 0.6) is 0 Å². The SMILES string of the molecule is CCOC(=O)CC1CCN(CCOC2CCC(OC3CCCCC3)CC2)CC1. The van der Waals surface area contributed by atoms with Crippen LogP contribution in [0.4, 0.5) is 0 Å². The maximum absolute atomic E-state index is 11.6. The molecule has 2 saturated carbocycles. The number of carbonyl (C=O) groups excluding carboxylic acids is 1. The number of nitrogens with zero attached hydrogens (tertiary/aromatic N) is 1. The van der Waals surface area contributed by atoms with Crippen molar-refractivity contribution in [2.45, 2.75) is 102 Å².